The highest BCUT2D eigenvalue weighted by atomic mass is 16.5. The molecule has 5 nitrogen and oxygen atoms in total. The summed E-state index contributed by atoms with van der Waals surface area (Å²) in [5.41, 5.74) is 1.48. The number of benzene rings is 1. The first-order chi connectivity index (χ1) is 8.26. The van der Waals surface area contributed by atoms with Gasteiger partial charge in [0.15, 0.2) is 0 Å². The Morgan fingerprint density at radius 2 is 2.35 bits per heavy atom. The van der Waals surface area contributed by atoms with Crippen molar-refractivity contribution in [2.24, 2.45) is 0 Å². The zero-order valence-electron chi connectivity index (χ0n) is 9.77. The van der Waals surface area contributed by atoms with Gasteiger partial charge in [-0.15, -0.1) is 0 Å². The summed E-state index contributed by atoms with van der Waals surface area (Å²) in [6.07, 6.45) is 0. The number of carbonyl (C=O) groups is 1. The number of hydrogen-bond acceptors (Lipinski definition) is 3. The van der Waals surface area contributed by atoms with Crippen LogP contribution >= 0.6 is 0 Å². The minimum absolute atomic E-state index is 0.0986. The van der Waals surface area contributed by atoms with Crippen LogP contribution in [0.5, 0.6) is 5.75 Å². The van der Waals surface area contributed by atoms with Gasteiger partial charge in [0, 0.05) is 24.3 Å². The fourth-order valence-corrected chi connectivity index (χ4v) is 1.87. The fraction of sp³-hybridized carbons (Fsp3) is 0.417. The molecule has 1 heterocycles. The minimum atomic E-state index is -0.0990. The van der Waals surface area contributed by atoms with Gasteiger partial charge in [-0.25, -0.2) is 4.79 Å². The summed E-state index contributed by atoms with van der Waals surface area (Å²) >= 11 is 0. The highest BCUT2D eigenvalue weighted by molar-refractivity contribution is 5.94. The average molecular weight is 236 g/mol. The van der Waals surface area contributed by atoms with Crippen LogP contribution in [-0.4, -0.2) is 30.8 Å². The number of nitrogens with one attached hydrogen (secondary N) is 1. The van der Waals surface area contributed by atoms with Crippen molar-refractivity contribution in [3.8, 4) is 5.75 Å². The topological polar surface area (TPSA) is 61.8 Å². The third-order valence-electron chi connectivity index (χ3n) is 2.68. The van der Waals surface area contributed by atoms with Gasteiger partial charge < -0.3 is 15.2 Å². The van der Waals surface area contributed by atoms with Crippen molar-refractivity contribution in [2.45, 2.75) is 13.5 Å². The molecule has 1 aliphatic heterocycles. The van der Waals surface area contributed by atoms with E-state index >= 15 is 0 Å². The van der Waals surface area contributed by atoms with Crippen LogP contribution in [0.4, 0.5) is 10.5 Å². The lowest BCUT2D eigenvalue weighted by Gasteiger charge is -2.17. The van der Waals surface area contributed by atoms with Crippen molar-refractivity contribution < 1.29 is 14.6 Å². The molecular formula is C12H16N2O3. The smallest absolute Gasteiger partial charge is 0.321 e. The molecule has 0 aromatic heterocycles. The summed E-state index contributed by atoms with van der Waals surface area (Å²) < 4.78 is 5.39. The van der Waals surface area contributed by atoms with Gasteiger partial charge in [0.1, 0.15) is 5.75 Å². The van der Waals surface area contributed by atoms with E-state index in [1.807, 2.05) is 13.0 Å². The summed E-state index contributed by atoms with van der Waals surface area (Å²) in [5.74, 6) is 0.665. The zero-order valence-corrected chi connectivity index (χ0v) is 9.77. The number of hydrogen-bond donors (Lipinski definition) is 2. The van der Waals surface area contributed by atoms with Crippen LogP contribution in [0.15, 0.2) is 18.2 Å². The molecule has 1 saturated heterocycles. The van der Waals surface area contributed by atoms with Crippen LogP contribution in [0.25, 0.3) is 0 Å². The Morgan fingerprint density at radius 1 is 1.53 bits per heavy atom. The molecule has 0 saturated carbocycles. The van der Waals surface area contributed by atoms with E-state index in [4.69, 9.17) is 4.74 Å². The maximum atomic E-state index is 11.5. The van der Waals surface area contributed by atoms with Crippen molar-refractivity contribution >= 4 is 11.7 Å². The third kappa shape index (κ3) is 2.34. The molecule has 17 heavy (non-hydrogen) atoms. The monoisotopic (exact) mass is 236 g/mol. The Kier molecular flexibility index (Phi) is 3.49. The number of aliphatic hydroxyl groups excluding tert-OH is 1. The molecule has 0 spiro atoms. The molecule has 2 amide bonds. The van der Waals surface area contributed by atoms with E-state index in [1.54, 1.807) is 17.0 Å². The standard InChI is InChI=1S/C12H16N2O3/c1-2-17-11-4-3-10(7-9(11)8-15)14-6-5-13-12(14)16/h3-4,7,15H,2,5-6,8H2,1H3,(H,13,16). The number of carbonyl (C=O) groups excluding carboxylic acids is 1. The van der Waals surface area contributed by atoms with E-state index in [2.05, 4.69) is 5.32 Å². The molecule has 1 fully saturated rings. The fourth-order valence-electron chi connectivity index (χ4n) is 1.87. The van der Waals surface area contributed by atoms with Gasteiger partial charge in [0.2, 0.25) is 0 Å². The lowest BCUT2D eigenvalue weighted by atomic mass is 10.1. The Labute approximate surface area is 100.0 Å². The number of rotatable bonds is 4. The first-order valence-electron chi connectivity index (χ1n) is 5.68. The maximum Gasteiger partial charge on any atom is 0.321 e. The predicted octanol–water partition coefficient (Wildman–Crippen LogP) is 1.11. The van der Waals surface area contributed by atoms with Crippen LogP contribution in [-0.2, 0) is 6.61 Å². The van der Waals surface area contributed by atoms with Crippen LogP contribution in [0.1, 0.15) is 12.5 Å². The summed E-state index contributed by atoms with van der Waals surface area (Å²) in [4.78, 5) is 13.2. The van der Waals surface area contributed by atoms with Crippen LogP contribution in [0.3, 0.4) is 0 Å². The second-order valence-electron chi connectivity index (χ2n) is 3.77. The number of amides is 2. The molecule has 92 valence electrons. The molecule has 1 aromatic rings. The molecule has 0 unspecified atom stereocenters. The van der Waals surface area contributed by atoms with Crippen molar-refractivity contribution in [3.63, 3.8) is 0 Å². The van der Waals surface area contributed by atoms with Crippen molar-refractivity contribution in [3.05, 3.63) is 23.8 Å². The number of aliphatic hydroxyl groups is 1. The average Bonchev–Trinajstić information content (AvgIpc) is 2.76. The van der Waals surface area contributed by atoms with Crippen LogP contribution < -0.4 is 15.0 Å². The molecular weight excluding hydrogens is 220 g/mol. The molecule has 0 bridgehead atoms. The van der Waals surface area contributed by atoms with Gasteiger partial charge in [-0.2, -0.15) is 0 Å². The molecule has 2 N–H and O–H groups in total. The van der Waals surface area contributed by atoms with E-state index in [9.17, 15) is 9.90 Å². The van der Waals surface area contributed by atoms with E-state index in [0.717, 1.165) is 5.69 Å². The van der Waals surface area contributed by atoms with E-state index in [0.29, 0.717) is 31.0 Å². The first kappa shape index (κ1) is 11.7. The molecule has 0 aliphatic carbocycles. The van der Waals surface area contributed by atoms with Crippen LogP contribution in [0, 0.1) is 0 Å². The largest absolute Gasteiger partial charge is 0.494 e. The quantitative estimate of drug-likeness (QED) is 0.823. The van der Waals surface area contributed by atoms with Crippen LogP contribution in [0.2, 0.25) is 0 Å². The highest BCUT2D eigenvalue weighted by Crippen LogP contribution is 2.26. The Hall–Kier alpha value is -1.75. The lowest BCUT2D eigenvalue weighted by Crippen LogP contribution is -2.27. The van der Waals surface area contributed by atoms with Gasteiger partial charge >= 0.3 is 6.03 Å². The summed E-state index contributed by atoms with van der Waals surface area (Å²) in [6.45, 7) is 3.65. The number of anilines is 1. The second-order valence-corrected chi connectivity index (χ2v) is 3.77. The SMILES string of the molecule is CCOc1ccc(N2CCNC2=O)cc1CO. The normalized spacial score (nSPS) is 14.9. The summed E-state index contributed by atoms with van der Waals surface area (Å²) in [7, 11) is 0. The number of ether oxygens (including phenoxy) is 1. The maximum absolute atomic E-state index is 11.5. The van der Waals surface area contributed by atoms with Gasteiger partial charge in [-0.05, 0) is 25.1 Å². The van der Waals surface area contributed by atoms with E-state index < -0.39 is 0 Å². The highest BCUT2D eigenvalue weighted by Gasteiger charge is 2.21. The summed E-state index contributed by atoms with van der Waals surface area (Å²) in [6, 6.07) is 5.30. The molecule has 5 heteroatoms. The second kappa shape index (κ2) is 5.05. The van der Waals surface area contributed by atoms with Crippen molar-refractivity contribution in [1.82, 2.24) is 5.32 Å². The van der Waals surface area contributed by atoms with Gasteiger partial charge in [-0.3, -0.25) is 4.90 Å². The van der Waals surface area contributed by atoms with E-state index in [1.165, 1.54) is 0 Å². The Bertz CT molecular complexity index is 420. The van der Waals surface area contributed by atoms with Crippen molar-refractivity contribution in [2.75, 3.05) is 24.6 Å². The lowest BCUT2D eigenvalue weighted by molar-refractivity contribution is 0.252. The zero-order chi connectivity index (χ0) is 12.3. The molecule has 1 aliphatic rings. The molecule has 2 rings (SSSR count). The van der Waals surface area contributed by atoms with Crippen molar-refractivity contribution in [1.29, 1.82) is 0 Å². The van der Waals surface area contributed by atoms with Gasteiger partial charge in [-0.1, -0.05) is 0 Å². The summed E-state index contributed by atoms with van der Waals surface area (Å²) in [5, 5.41) is 12.0. The van der Waals surface area contributed by atoms with E-state index in [-0.39, 0.29) is 12.6 Å². The first-order valence-corrected chi connectivity index (χ1v) is 5.68. The Morgan fingerprint density at radius 3 is 2.94 bits per heavy atom. The minimum Gasteiger partial charge on any atom is -0.494 e. The predicted molar refractivity (Wildman–Crippen MR) is 64.3 cm³/mol. The van der Waals surface area contributed by atoms with Gasteiger partial charge in [0.25, 0.3) is 0 Å². The number of urea groups is 1. The molecule has 0 radical (unpaired) electrons. The number of nitrogens with zero attached hydrogens (tertiary/aromatic N) is 1. The van der Waals surface area contributed by atoms with Gasteiger partial charge in [0.05, 0.1) is 13.2 Å². The Balaban J connectivity index is 2.27. The third-order valence-corrected chi connectivity index (χ3v) is 2.68. The molecule has 0 atom stereocenters. The molecule has 1 aromatic carbocycles.